The third kappa shape index (κ3) is 4.18. The zero-order chi connectivity index (χ0) is 19.3. The number of hydrogen-bond donors (Lipinski definition) is 0. The quantitative estimate of drug-likeness (QED) is 0.752. The molecular formula is C22H24FNO3. The summed E-state index contributed by atoms with van der Waals surface area (Å²) in [5.41, 5.74) is 0.128. The van der Waals surface area contributed by atoms with Gasteiger partial charge < -0.3 is 9.64 Å². The number of esters is 1. The van der Waals surface area contributed by atoms with Crippen molar-refractivity contribution in [3.63, 3.8) is 0 Å². The van der Waals surface area contributed by atoms with Gasteiger partial charge in [-0.3, -0.25) is 9.59 Å². The molecule has 2 aromatic rings. The molecule has 142 valence electrons. The van der Waals surface area contributed by atoms with Gasteiger partial charge in [0.15, 0.2) is 0 Å². The number of piperidine rings is 1. The largest absolute Gasteiger partial charge is 0.466 e. The number of hydrogen-bond acceptors (Lipinski definition) is 3. The van der Waals surface area contributed by atoms with Crippen molar-refractivity contribution in [2.75, 3.05) is 19.7 Å². The van der Waals surface area contributed by atoms with Crippen LogP contribution < -0.4 is 0 Å². The van der Waals surface area contributed by atoms with Crippen molar-refractivity contribution in [3.05, 3.63) is 71.5 Å². The van der Waals surface area contributed by atoms with Gasteiger partial charge in [-0.25, -0.2) is 4.39 Å². The Balaban J connectivity index is 1.89. The lowest BCUT2D eigenvalue weighted by Gasteiger charge is -2.41. The molecule has 1 saturated heterocycles. The standard InChI is InChI=1S/C22H24FNO3/c1-2-27-21(26)22(15-18-11-6-7-12-19(18)23)13-8-14-24(16-22)20(25)17-9-4-3-5-10-17/h3-7,9-12H,2,8,13-16H2,1H3. The molecule has 1 fully saturated rings. The van der Waals surface area contributed by atoms with Gasteiger partial charge in [0.25, 0.3) is 5.91 Å². The van der Waals surface area contributed by atoms with E-state index in [-0.39, 0.29) is 37.3 Å². The Kier molecular flexibility index (Phi) is 5.89. The molecule has 1 unspecified atom stereocenters. The molecule has 0 spiro atoms. The van der Waals surface area contributed by atoms with E-state index in [9.17, 15) is 14.0 Å². The molecule has 0 saturated carbocycles. The number of nitrogens with zero attached hydrogens (tertiary/aromatic N) is 1. The third-order valence-corrected chi connectivity index (χ3v) is 5.08. The first kappa shape index (κ1) is 19.1. The van der Waals surface area contributed by atoms with Gasteiger partial charge in [0.1, 0.15) is 5.82 Å². The summed E-state index contributed by atoms with van der Waals surface area (Å²) in [4.78, 5) is 27.4. The lowest BCUT2D eigenvalue weighted by molar-refractivity contribution is -0.158. The van der Waals surface area contributed by atoms with E-state index in [2.05, 4.69) is 0 Å². The first-order valence-electron chi connectivity index (χ1n) is 9.31. The molecule has 1 amide bonds. The fourth-order valence-corrected chi connectivity index (χ4v) is 3.74. The lowest BCUT2D eigenvalue weighted by Crippen LogP contribution is -2.51. The molecule has 1 heterocycles. The van der Waals surface area contributed by atoms with Gasteiger partial charge >= 0.3 is 5.97 Å². The number of benzene rings is 2. The molecule has 0 N–H and O–H groups in total. The first-order valence-corrected chi connectivity index (χ1v) is 9.31. The van der Waals surface area contributed by atoms with E-state index < -0.39 is 5.41 Å². The van der Waals surface area contributed by atoms with Gasteiger partial charge in [0.05, 0.1) is 12.0 Å². The zero-order valence-electron chi connectivity index (χ0n) is 15.5. The van der Waals surface area contributed by atoms with Crippen LogP contribution in [0.1, 0.15) is 35.7 Å². The summed E-state index contributed by atoms with van der Waals surface area (Å²) in [7, 11) is 0. The highest BCUT2D eigenvalue weighted by molar-refractivity contribution is 5.94. The maximum Gasteiger partial charge on any atom is 0.314 e. The van der Waals surface area contributed by atoms with E-state index >= 15 is 0 Å². The highest BCUT2D eigenvalue weighted by Crippen LogP contribution is 2.36. The maximum absolute atomic E-state index is 14.3. The number of rotatable bonds is 5. The van der Waals surface area contributed by atoms with Crippen LogP contribution in [0.5, 0.6) is 0 Å². The van der Waals surface area contributed by atoms with E-state index in [1.165, 1.54) is 6.07 Å². The summed E-state index contributed by atoms with van der Waals surface area (Å²) in [6, 6.07) is 15.5. The lowest BCUT2D eigenvalue weighted by atomic mass is 9.74. The van der Waals surface area contributed by atoms with Gasteiger partial charge in [-0.05, 0) is 49.9 Å². The Hall–Kier alpha value is -2.69. The Morgan fingerprint density at radius 1 is 1.11 bits per heavy atom. The van der Waals surface area contributed by atoms with Crippen LogP contribution >= 0.6 is 0 Å². The predicted molar refractivity (Wildman–Crippen MR) is 101 cm³/mol. The van der Waals surface area contributed by atoms with Crippen molar-refractivity contribution >= 4 is 11.9 Å². The molecule has 0 radical (unpaired) electrons. The summed E-state index contributed by atoms with van der Waals surface area (Å²) in [6.45, 7) is 2.81. The molecule has 3 rings (SSSR count). The van der Waals surface area contributed by atoms with Crippen LogP contribution in [0, 0.1) is 11.2 Å². The average Bonchev–Trinajstić information content (AvgIpc) is 2.70. The summed E-state index contributed by atoms with van der Waals surface area (Å²) in [5, 5.41) is 0. The normalized spacial score (nSPS) is 19.6. The van der Waals surface area contributed by atoms with Crippen molar-refractivity contribution < 1.29 is 18.7 Å². The summed E-state index contributed by atoms with van der Waals surface area (Å²) < 4.78 is 19.6. The van der Waals surface area contributed by atoms with Crippen LogP contribution in [0.15, 0.2) is 54.6 Å². The zero-order valence-corrected chi connectivity index (χ0v) is 15.5. The molecule has 1 aliphatic rings. The highest BCUT2D eigenvalue weighted by atomic mass is 19.1. The SMILES string of the molecule is CCOC(=O)C1(Cc2ccccc2F)CCCN(C(=O)c2ccccc2)C1. The second-order valence-corrected chi connectivity index (χ2v) is 6.97. The van der Waals surface area contributed by atoms with Gasteiger partial charge in [0.2, 0.25) is 0 Å². The van der Waals surface area contributed by atoms with Gasteiger partial charge in [-0.1, -0.05) is 36.4 Å². The molecule has 4 nitrogen and oxygen atoms in total. The number of halogens is 1. The summed E-state index contributed by atoms with van der Waals surface area (Å²) in [5.74, 6) is -0.816. The molecule has 5 heteroatoms. The Bertz CT molecular complexity index is 808. The van der Waals surface area contributed by atoms with Crippen molar-refractivity contribution in [2.24, 2.45) is 5.41 Å². The molecule has 2 aromatic carbocycles. The molecular weight excluding hydrogens is 345 g/mol. The smallest absolute Gasteiger partial charge is 0.314 e. The monoisotopic (exact) mass is 369 g/mol. The maximum atomic E-state index is 14.3. The molecule has 0 aromatic heterocycles. The number of amides is 1. The topological polar surface area (TPSA) is 46.6 Å². The van der Waals surface area contributed by atoms with Crippen molar-refractivity contribution in [3.8, 4) is 0 Å². The van der Waals surface area contributed by atoms with Crippen molar-refractivity contribution in [1.29, 1.82) is 0 Å². The van der Waals surface area contributed by atoms with E-state index in [1.54, 1.807) is 42.2 Å². The fourth-order valence-electron chi connectivity index (χ4n) is 3.74. The van der Waals surface area contributed by atoms with E-state index in [0.29, 0.717) is 30.5 Å². The van der Waals surface area contributed by atoms with Crippen molar-refractivity contribution in [1.82, 2.24) is 4.90 Å². The fraction of sp³-hybridized carbons (Fsp3) is 0.364. The predicted octanol–water partition coefficient (Wildman–Crippen LogP) is 3.85. The third-order valence-electron chi connectivity index (χ3n) is 5.08. The Labute approximate surface area is 158 Å². The number of ether oxygens (including phenoxy) is 1. The molecule has 27 heavy (non-hydrogen) atoms. The molecule has 0 bridgehead atoms. The Morgan fingerprint density at radius 3 is 2.52 bits per heavy atom. The van der Waals surface area contributed by atoms with E-state index in [0.717, 1.165) is 0 Å². The van der Waals surface area contributed by atoms with Gasteiger partial charge in [-0.15, -0.1) is 0 Å². The molecule has 0 aliphatic carbocycles. The number of likely N-dealkylation sites (tertiary alicyclic amines) is 1. The second-order valence-electron chi connectivity index (χ2n) is 6.97. The molecule has 1 aliphatic heterocycles. The summed E-state index contributed by atoms with van der Waals surface area (Å²) >= 11 is 0. The van der Waals surface area contributed by atoms with Gasteiger partial charge in [0, 0.05) is 18.7 Å². The van der Waals surface area contributed by atoms with Crippen LogP contribution in [0.2, 0.25) is 0 Å². The minimum Gasteiger partial charge on any atom is -0.466 e. The van der Waals surface area contributed by atoms with Crippen LogP contribution in [0.4, 0.5) is 4.39 Å². The first-order chi connectivity index (χ1) is 13.1. The highest BCUT2D eigenvalue weighted by Gasteiger charge is 2.45. The summed E-state index contributed by atoms with van der Waals surface area (Å²) in [6.07, 6.45) is 1.46. The minimum atomic E-state index is -0.930. The number of carbonyl (C=O) groups excluding carboxylic acids is 2. The van der Waals surface area contributed by atoms with Crippen LogP contribution in [0.3, 0.4) is 0 Å². The second kappa shape index (κ2) is 8.33. The van der Waals surface area contributed by atoms with E-state index in [1.807, 2.05) is 18.2 Å². The Morgan fingerprint density at radius 2 is 1.81 bits per heavy atom. The van der Waals surface area contributed by atoms with Crippen LogP contribution in [-0.4, -0.2) is 36.5 Å². The van der Waals surface area contributed by atoms with E-state index in [4.69, 9.17) is 4.74 Å². The molecule has 1 atom stereocenters. The van der Waals surface area contributed by atoms with Crippen LogP contribution in [-0.2, 0) is 16.0 Å². The minimum absolute atomic E-state index is 0.113. The van der Waals surface area contributed by atoms with Crippen molar-refractivity contribution in [2.45, 2.75) is 26.2 Å². The van der Waals surface area contributed by atoms with Crippen LogP contribution in [0.25, 0.3) is 0 Å². The van der Waals surface area contributed by atoms with Gasteiger partial charge in [-0.2, -0.15) is 0 Å². The number of carbonyl (C=O) groups is 2. The average molecular weight is 369 g/mol.